The van der Waals surface area contributed by atoms with Crippen molar-refractivity contribution in [3.05, 3.63) is 0 Å². The first-order valence-electron chi connectivity index (χ1n) is 5.23. The van der Waals surface area contributed by atoms with Gasteiger partial charge in [-0.15, -0.1) is 0 Å². The normalized spacial score (nSPS) is 18.6. The Labute approximate surface area is 86.4 Å². The van der Waals surface area contributed by atoms with Crippen LogP contribution in [0.4, 0.5) is 0 Å². The standard InChI is InChI=1S/C11H21NO2/c1-8(2)9-6-12(7-9)10(13)11(3,4)14-5/h8-9H,6-7H2,1-5H3. The first-order chi connectivity index (χ1) is 6.38. The van der Waals surface area contributed by atoms with Crippen molar-refractivity contribution in [2.45, 2.75) is 33.3 Å². The minimum atomic E-state index is -0.665. The summed E-state index contributed by atoms with van der Waals surface area (Å²) in [5, 5.41) is 0. The summed E-state index contributed by atoms with van der Waals surface area (Å²) in [5.74, 6) is 1.45. The summed E-state index contributed by atoms with van der Waals surface area (Å²) in [4.78, 5) is 13.7. The van der Waals surface area contributed by atoms with E-state index < -0.39 is 5.60 Å². The molecule has 3 nitrogen and oxygen atoms in total. The second-order valence-corrected chi connectivity index (χ2v) is 4.93. The van der Waals surface area contributed by atoms with E-state index in [-0.39, 0.29) is 5.91 Å². The average Bonchev–Trinajstić information content (AvgIpc) is 2.00. The highest BCUT2D eigenvalue weighted by molar-refractivity contribution is 5.85. The molecule has 1 amide bonds. The number of rotatable bonds is 3. The van der Waals surface area contributed by atoms with Crippen molar-refractivity contribution < 1.29 is 9.53 Å². The third-order valence-electron chi connectivity index (χ3n) is 3.17. The molecule has 1 rings (SSSR count). The van der Waals surface area contributed by atoms with E-state index in [2.05, 4.69) is 13.8 Å². The highest BCUT2D eigenvalue weighted by atomic mass is 16.5. The van der Waals surface area contributed by atoms with Gasteiger partial charge in [0, 0.05) is 20.2 Å². The lowest BCUT2D eigenvalue weighted by Gasteiger charge is -2.44. The van der Waals surface area contributed by atoms with Gasteiger partial charge >= 0.3 is 0 Å². The van der Waals surface area contributed by atoms with Crippen molar-refractivity contribution >= 4 is 5.91 Å². The largest absolute Gasteiger partial charge is 0.369 e. The molecule has 0 bridgehead atoms. The molecule has 0 aromatic heterocycles. The van der Waals surface area contributed by atoms with Gasteiger partial charge in [0.25, 0.3) is 5.91 Å². The van der Waals surface area contributed by atoms with Crippen LogP contribution in [0.15, 0.2) is 0 Å². The molecule has 1 saturated heterocycles. The van der Waals surface area contributed by atoms with E-state index in [4.69, 9.17) is 4.74 Å². The zero-order valence-electron chi connectivity index (χ0n) is 9.83. The maximum absolute atomic E-state index is 11.8. The lowest BCUT2D eigenvalue weighted by Crippen LogP contribution is -2.57. The number of carbonyl (C=O) groups is 1. The summed E-state index contributed by atoms with van der Waals surface area (Å²) in [6, 6.07) is 0. The molecule has 0 atom stereocenters. The van der Waals surface area contributed by atoms with E-state index in [9.17, 15) is 4.79 Å². The fourth-order valence-corrected chi connectivity index (χ4v) is 1.57. The first kappa shape index (κ1) is 11.5. The molecule has 0 N–H and O–H groups in total. The second kappa shape index (κ2) is 3.89. The highest BCUT2D eigenvalue weighted by Gasteiger charge is 2.39. The van der Waals surface area contributed by atoms with Gasteiger partial charge in [-0.25, -0.2) is 0 Å². The van der Waals surface area contributed by atoms with Crippen molar-refractivity contribution in [2.75, 3.05) is 20.2 Å². The maximum atomic E-state index is 11.8. The van der Waals surface area contributed by atoms with Crippen LogP contribution in [0.5, 0.6) is 0 Å². The molecule has 1 fully saturated rings. The van der Waals surface area contributed by atoms with E-state index >= 15 is 0 Å². The predicted octanol–water partition coefficient (Wildman–Crippen LogP) is 1.53. The highest BCUT2D eigenvalue weighted by Crippen LogP contribution is 2.26. The fraction of sp³-hybridized carbons (Fsp3) is 0.909. The smallest absolute Gasteiger partial charge is 0.254 e. The molecule has 0 spiro atoms. The molecule has 82 valence electrons. The SMILES string of the molecule is COC(C)(C)C(=O)N1CC(C(C)C)C1. The van der Waals surface area contributed by atoms with Crippen LogP contribution in [0.3, 0.4) is 0 Å². The summed E-state index contributed by atoms with van der Waals surface area (Å²) in [7, 11) is 1.58. The molecular formula is C11H21NO2. The van der Waals surface area contributed by atoms with Crippen molar-refractivity contribution in [1.29, 1.82) is 0 Å². The van der Waals surface area contributed by atoms with Crippen molar-refractivity contribution in [3.8, 4) is 0 Å². The Hall–Kier alpha value is -0.570. The Bertz CT molecular complexity index is 217. The van der Waals surface area contributed by atoms with Gasteiger partial charge in [-0.05, 0) is 25.7 Å². The van der Waals surface area contributed by atoms with Crippen molar-refractivity contribution in [1.82, 2.24) is 4.90 Å². The number of hydrogen-bond acceptors (Lipinski definition) is 2. The average molecular weight is 199 g/mol. The van der Waals surface area contributed by atoms with Gasteiger partial charge in [-0.1, -0.05) is 13.8 Å². The number of amides is 1. The molecule has 0 aromatic rings. The summed E-state index contributed by atoms with van der Waals surface area (Å²) >= 11 is 0. The molecule has 0 unspecified atom stereocenters. The molecule has 1 aliphatic rings. The van der Waals surface area contributed by atoms with Crippen LogP contribution in [-0.2, 0) is 9.53 Å². The van der Waals surface area contributed by atoms with Crippen molar-refractivity contribution in [2.24, 2.45) is 11.8 Å². The van der Waals surface area contributed by atoms with Gasteiger partial charge in [-0.3, -0.25) is 4.79 Å². The first-order valence-corrected chi connectivity index (χ1v) is 5.23. The summed E-state index contributed by atoms with van der Waals surface area (Å²) in [6.07, 6.45) is 0. The van der Waals surface area contributed by atoms with Crippen LogP contribution in [0.1, 0.15) is 27.7 Å². The van der Waals surface area contributed by atoms with E-state index in [1.807, 2.05) is 18.7 Å². The van der Waals surface area contributed by atoms with Gasteiger partial charge in [0.15, 0.2) is 0 Å². The van der Waals surface area contributed by atoms with Gasteiger partial charge in [0.2, 0.25) is 0 Å². The molecule has 0 saturated carbocycles. The molecule has 0 aromatic carbocycles. The lowest BCUT2D eigenvalue weighted by molar-refractivity contribution is -0.158. The number of methoxy groups -OCH3 is 1. The summed E-state index contributed by atoms with van der Waals surface area (Å²) < 4.78 is 5.16. The molecular weight excluding hydrogens is 178 g/mol. The number of nitrogens with zero attached hydrogens (tertiary/aromatic N) is 1. The Morgan fingerprint density at radius 3 is 2.29 bits per heavy atom. The number of ether oxygens (including phenoxy) is 1. The topological polar surface area (TPSA) is 29.5 Å². The molecule has 1 heterocycles. The maximum Gasteiger partial charge on any atom is 0.254 e. The van der Waals surface area contributed by atoms with Crippen LogP contribution in [0.25, 0.3) is 0 Å². The van der Waals surface area contributed by atoms with Crippen LogP contribution in [0.2, 0.25) is 0 Å². The Kier molecular flexibility index (Phi) is 3.20. The van der Waals surface area contributed by atoms with E-state index in [1.54, 1.807) is 7.11 Å². The predicted molar refractivity (Wildman–Crippen MR) is 56.0 cm³/mol. The van der Waals surface area contributed by atoms with Crippen molar-refractivity contribution in [3.63, 3.8) is 0 Å². The van der Waals surface area contributed by atoms with Crippen LogP contribution in [-0.4, -0.2) is 36.6 Å². The molecule has 3 heteroatoms. The van der Waals surface area contributed by atoms with E-state index in [1.165, 1.54) is 0 Å². The lowest BCUT2D eigenvalue weighted by atomic mass is 9.87. The molecule has 0 aliphatic carbocycles. The van der Waals surface area contributed by atoms with Gasteiger partial charge in [0.1, 0.15) is 5.60 Å². The Morgan fingerprint density at radius 1 is 1.43 bits per heavy atom. The summed E-state index contributed by atoms with van der Waals surface area (Å²) in [5.41, 5.74) is -0.665. The Morgan fingerprint density at radius 2 is 1.93 bits per heavy atom. The van der Waals surface area contributed by atoms with Gasteiger partial charge in [0.05, 0.1) is 0 Å². The minimum absolute atomic E-state index is 0.108. The van der Waals surface area contributed by atoms with E-state index in [0.29, 0.717) is 11.8 Å². The molecule has 14 heavy (non-hydrogen) atoms. The van der Waals surface area contributed by atoms with E-state index in [0.717, 1.165) is 13.1 Å². The number of likely N-dealkylation sites (tertiary alicyclic amines) is 1. The second-order valence-electron chi connectivity index (χ2n) is 4.93. The van der Waals surface area contributed by atoms with Crippen LogP contribution in [0, 0.1) is 11.8 Å². The monoisotopic (exact) mass is 199 g/mol. The number of carbonyl (C=O) groups excluding carboxylic acids is 1. The third-order valence-corrected chi connectivity index (χ3v) is 3.17. The zero-order chi connectivity index (χ0) is 10.9. The van der Waals surface area contributed by atoms with Gasteiger partial charge < -0.3 is 9.64 Å². The number of hydrogen-bond donors (Lipinski definition) is 0. The summed E-state index contributed by atoms with van der Waals surface area (Å²) in [6.45, 7) is 9.82. The van der Waals surface area contributed by atoms with Crippen LogP contribution < -0.4 is 0 Å². The molecule has 0 radical (unpaired) electrons. The third kappa shape index (κ3) is 2.08. The quantitative estimate of drug-likeness (QED) is 0.690. The fourth-order valence-electron chi connectivity index (χ4n) is 1.57. The van der Waals surface area contributed by atoms with Crippen LogP contribution >= 0.6 is 0 Å². The zero-order valence-corrected chi connectivity index (χ0v) is 9.83. The molecule has 1 aliphatic heterocycles. The van der Waals surface area contributed by atoms with Gasteiger partial charge in [-0.2, -0.15) is 0 Å². The minimum Gasteiger partial charge on any atom is -0.369 e. The Balaban J connectivity index is 2.44.